The predicted octanol–water partition coefficient (Wildman–Crippen LogP) is 2.79. The first-order chi connectivity index (χ1) is 9.81. The molecule has 0 amide bonds. The molecule has 1 aromatic carbocycles. The molecule has 0 radical (unpaired) electrons. The summed E-state index contributed by atoms with van der Waals surface area (Å²) in [6, 6.07) is 7.64. The van der Waals surface area contributed by atoms with Gasteiger partial charge in [0, 0.05) is 23.7 Å². The van der Waals surface area contributed by atoms with Gasteiger partial charge in [0.1, 0.15) is 0 Å². The summed E-state index contributed by atoms with van der Waals surface area (Å²) in [6.07, 6.45) is 2.94. The van der Waals surface area contributed by atoms with Crippen LogP contribution in [0.2, 0.25) is 5.02 Å². The van der Waals surface area contributed by atoms with E-state index in [-0.39, 0.29) is 0 Å². The van der Waals surface area contributed by atoms with E-state index in [4.69, 9.17) is 16.0 Å². The first kappa shape index (κ1) is 13.6. The molecule has 5 heteroatoms. The summed E-state index contributed by atoms with van der Waals surface area (Å²) >= 11 is 6.00. The normalized spacial score (nSPS) is 17.1. The first-order valence-corrected chi connectivity index (χ1v) is 7.33. The average molecular weight is 292 g/mol. The highest BCUT2D eigenvalue weighted by Crippen LogP contribution is 2.23. The minimum absolute atomic E-state index is 0.707. The summed E-state index contributed by atoms with van der Waals surface area (Å²) in [4.78, 5) is 6.74. The Bertz CT molecular complexity index is 562. The summed E-state index contributed by atoms with van der Waals surface area (Å²) in [5.41, 5.74) is 0.966. The highest BCUT2D eigenvalue weighted by atomic mass is 35.5. The first-order valence-electron chi connectivity index (χ1n) is 6.95. The third-order valence-electron chi connectivity index (χ3n) is 3.45. The minimum Gasteiger partial charge on any atom is -0.439 e. The topological polar surface area (TPSA) is 41.3 Å². The van der Waals surface area contributed by atoms with Crippen molar-refractivity contribution in [2.45, 2.75) is 13.0 Å². The van der Waals surface area contributed by atoms with Gasteiger partial charge < -0.3 is 9.73 Å². The highest BCUT2D eigenvalue weighted by Gasteiger charge is 2.13. The molecule has 0 unspecified atom stereocenters. The predicted molar refractivity (Wildman–Crippen MR) is 79.7 cm³/mol. The second-order valence-corrected chi connectivity index (χ2v) is 5.44. The van der Waals surface area contributed by atoms with Gasteiger partial charge in [-0.1, -0.05) is 23.7 Å². The third kappa shape index (κ3) is 3.39. The monoisotopic (exact) mass is 291 g/mol. The molecular weight excluding hydrogens is 274 g/mol. The van der Waals surface area contributed by atoms with Gasteiger partial charge >= 0.3 is 0 Å². The van der Waals surface area contributed by atoms with Gasteiger partial charge in [0.05, 0.1) is 12.7 Å². The number of benzene rings is 1. The number of rotatable bonds is 3. The van der Waals surface area contributed by atoms with E-state index < -0.39 is 0 Å². The van der Waals surface area contributed by atoms with Crippen molar-refractivity contribution in [3.8, 4) is 11.3 Å². The van der Waals surface area contributed by atoms with Gasteiger partial charge in [-0.25, -0.2) is 4.98 Å². The number of hydrogen-bond donors (Lipinski definition) is 1. The van der Waals surface area contributed by atoms with Crippen molar-refractivity contribution < 1.29 is 4.42 Å². The van der Waals surface area contributed by atoms with Gasteiger partial charge in [-0.15, -0.1) is 0 Å². The van der Waals surface area contributed by atoms with E-state index in [0.717, 1.165) is 49.9 Å². The Labute approximate surface area is 123 Å². The lowest BCUT2D eigenvalue weighted by atomic mass is 10.2. The zero-order chi connectivity index (χ0) is 13.8. The van der Waals surface area contributed by atoms with Crippen molar-refractivity contribution in [2.24, 2.45) is 0 Å². The lowest BCUT2D eigenvalue weighted by molar-refractivity contribution is 0.255. The Morgan fingerprint density at radius 3 is 3.15 bits per heavy atom. The van der Waals surface area contributed by atoms with E-state index in [0.29, 0.717) is 5.02 Å². The minimum atomic E-state index is 0.707. The van der Waals surface area contributed by atoms with Gasteiger partial charge in [0.25, 0.3) is 0 Å². The molecule has 1 aliphatic rings. The van der Waals surface area contributed by atoms with Crippen LogP contribution in [0.15, 0.2) is 34.9 Å². The molecule has 106 valence electrons. The van der Waals surface area contributed by atoms with Crippen LogP contribution < -0.4 is 5.32 Å². The van der Waals surface area contributed by atoms with Crippen LogP contribution in [0.4, 0.5) is 0 Å². The fourth-order valence-corrected chi connectivity index (χ4v) is 2.60. The molecule has 3 rings (SSSR count). The molecular formula is C15H18ClN3O. The summed E-state index contributed by atoms with van der Waals surface area (Å²) in [5.74, 6) is 1.54. The molecule has 0 saturated carbocycles. The van der Waals surface area contributed by atoms with Crippen LogP contribution in [0.5, 0.6) is 0 Å². The fraction of sp³-hybridized carbons (Fsp3) is 0.400. The molecule has 0 spiro atoms. The average Bonchev–Trinajstić information content (AvgIpc) is 2.75. The maximum atomic E-state index is 6.00. The molecule has 20 heavy (non-hydrogen) atoms. The Morgan fingerprint density at radius 1 is 1.30 bits per heavy atom. The molecule has 0 atom stereocenters. The Hall–Kier alpha value is -1.36. The van der Waals surface area contributed by atoms with Crippen molar-refractivity contribution in [3.05, 3.63) is 41.4 Å². The van der Waals surface area contributed by atoms with Crippen LogP contribution in [-0.2, 0) is 6.54 Å². The van der Waals surface area contributed by atoms with E-state index in [1.165, 1.54) is 6.42 Å². The second-order valence-electron chi connectivity index (χ2n) is 5.01. The Balaban J connectivity index is 1.70. The highest BCUT2D eigenvalue weighted by molar-refractivity contribution is 6.30. The van der Waals surface area contributed by atoms with E-state index in [1.54, 1.807) is 6.20 Å². The van der Waals surface area contributed by atoms with Crippen LogP contribution in [0, 0.1) is 0 Å². The van der Waals surface area contributed by atoms with Gasteiger partial charge in [0.2, 0.25) is 5.89 Å². The van der Waals surface area contributed by atoms with Crippen LogP contribution in [-0.4, -0.2) is 36.1 Å². The lowest BCUT2D eigenvalue weighted by Gasteiger charge is -2.16. The van der Waals surface area contributed by atoms with E-state index in [1.807, 2.05) is 24.3 Å². The Kier molecular flexibility index (Phi) is 4.35. The maximum absolute atomic E-state index is 6.00. The van der Waals surface area contributed by atoms with Gasteiger partial charge in [-0.3, -0.25) is 4.90 Å². The van der Waals surface area contributed by atoms with Crippen molar-refractivity contribution in [1.29, 1.82) is 0 Å². The van der Waals surface area contributed by atoms with E-state index >= 15 is 0 Å². The summed E-state index contributed by atoms with van der Waals surface area (Å²) in [6.45, 7) is 5.01. The second kappa shape index (κ2) is 6.39. The number of nitrogens with one attached hydrogen (secondary N) is 1. The molecule has 1 aromatic heterocycles. The molecule has 1 aliphatic heterocycles. The van der Waals surface area contributed by atoms with Crippen LogP contribution in [0.1, 0.15) is 12.3 Å². The summed E-state index contributed by atoms with van der Waals surface area (Å²) in [5, 5.41) is 4.10. The molecule has 2 heterocycles. The van der Waals surface area contributed by atoms with Gasteiger partial charge in [-0.2, -0.15) is 0 Å². The molecule has 4 nitrogen and oxygen atoms in total. The molecule has 1 fully saturated rings. The summed E-state index contributed by atoms with van der Waals surface area (Å²) < 4.78 is 5.84. The SMILES string of the molecule is Clc1cccc(-c2cnc(CN3CCCNCC3)o2)c1. The number of hydrogen-bond acceptors (Lipinski definition) is 4. The quantitative estimate of drug-likeness (QED) is 0.944. The molecule has 0 bridgehead atoms. The number of aromatic nitrogens is 1. The van der Waals surface area contributed by atoms with Crippen LogP contribution in [0.3, 0.4) is 0 Å². The van der Waals surface area contributed by atoms with Crippen LogP contribution in [0.25, 0.3) is 11.3 Å². The van der Waals surface area contributed by atoms with Crippen LogP contribution >= 0.6 is 11.6 Å². The van der Waals surface area contributed by atoms with Crippen molar-refractivity contribution in [2.75, 3.05) is 26.2 Å². The number of nitrogens with zero attached hydrogens (tertiary/aromatic N) is 2. The van der Waals surface area contributed by atoms with Gasteiger partial charge in [-0.05, 0) is 31.6 Å². The summed E-state index contributed by atoms with van der Waals surface area (Å²) in [7, 11) is 0. The van der Waals surface area contributed by atoms with Crippen molar-refractivity contribution in [3.63, 3.8) is 0 Å². The van der Waals surface area contributed by atoms with Gasteiger partial charge in [0.15, 0.2) is 5.76 Å². The molecule has 1 N–H and O–H groups in total. The number of halogens is 1. The lowest BCUT2D eigenvalue weighted by Crippen LogP contribution is -2.27. The van der Waals surface area contributed by atoms with E-state index in [9.17, 15) is 0 Å². The third-order valence-corrected chi connectivity index (χ3v) is 3.69. The number of oxazole rings is 1. The Morgan fingerprint density at radius 2 is 2.25 bits per heavy atom. The fourth-order valence-electron chi connectivity index (χ4n) is 2.41. The largest absolute Gasteiger partial charge is 0.439 e. The zero-order valence-corrected chi connectivity index (χ0v) is 12.1. The van der Waals surface area contributed by atoms with Crippen molar-refractivity contribution in [1.82, 2.24) is 15.2 Å². The molecule has 1 saturated heterocycles. The standard InChI is InChI=1S/C15H18ClN3O/c16-13-4-1-3-12(9-13)14-10-18-15(20-14)11-19-7-2-5-17-6-8-19/h1,3-4,9-10,17H,2,5-8,11H2. The maximum Gasteiger partial charge on any atom is 0.209 e. The molecule has 2 aromatic rings. The zero-order valence-electron chi connectivity index (χ0n) is 11.3. The smallest absolute Gasteiger partial charge is 0.209 e. The molecule has 0 aliphatic carbocycles. The van der Waals surface area contributed by atoms with Crippen molar-refractivity contribution >= 4 is 11.6 Å². The van der Waals surface area contributed by atoms with E-state index in [2.05, 4.69) is 15.2 Å².